The van der Waals surface area contributed by atoms with E-state index in [2.05, 4.69) is 4.98 Å². The summed E-state index contributed by atoms with van der Waals surface area (Å²) in [6, 6.07) is 0. The molecule has 1 rings (SSSR count). The van der Waals surface area contributed by atoms with Crippen molar-refractivity contribution >= 4 is 34.2 Å². The van der Waals surface area contributed by atoms with Gasteiger partial charge in [0.25, 0.3) is 6.43 Å². The number of aromatic nitrogens is 1. The normalized spacial score (nSPS) is 10.9. The van der Waals surface area contributed by atoms with Crippen LogP contribution in [-0.2, 0) is 6.61 Å². The zero-order chi connectivity index (χ0) is 10.0. The second kappa shape index (κ2) is 4.47. The van der Waals surface area contributed by atoms with Crippen LogP contribution in [0, 0.1) is 3.57 Å². The maximum atomic E-state index is 12.4. The Hall–Kier alpha value is -0.0100. The number of hydrogen-bond acceptors (Lipinski definition) is 2. The zero-order valence-corrected chi connectivity index (χ0v) is 9.18. The van der Waals surface area contributed by atoms with Crippen LogP contribution in [0.25, 0.3) is 0 Å². The lowest BCUT2D eigenvalue weighted by molar-refractivity contribution is 0.150. The molecule has 13 heavy (non-hydrogen) atoms. The highest BCUT2D eigenvalue weighted by Gasteiger charge is 2.19. The molecule has 0 saturated heterocycles. The third-order valence-corrected chi connectivity index (χ3v) is 2.73. The lowest BCUT2D eigenvalue weighted by Gasteiger charge is -2.08. The SMILES string of the molecule is OCc1ncc(I)c(C(F)F)c1Cl. The topological polar surface area (TPSA) is 33.1 Å². The van der Waals surface area contributed by atoms with Crippen molar-refractivity contribution in [2.24, 2.45) is 0 Å². The first-order valence-electron chi connectivity index (χ1n) is 3.29. The molecule has 0 fully saturated rings. The van der Waals surface area contributed by atoms with Gasteiger partial charge in [-0.1, -0.05) is 11.6 Å². The first kappa shape index (κ1) is 11.1. The van der Waals surface area contributed by atoms with Crippen molar-refractivity contribution in [3.63, 3.8) is 0 Å². The molecule has 1 heterocycles. The van der Waals surface area contributed by atoms with Crippen LogP contribution < -0.4 is 0 Å². The monoisotopic (exact) mass is 319 g/mol. The highest BCUT2D eigenvalue weighted by Crippen LogP contribution is 2.32. The van der Waals surface area contributed by atoms with Gasteiger partial charge in [0, 0.05) is 9.77 Å². The van der Waals surface area contributed by atoms with Crippen LogP contribution in [-0.4, -0.2) is 10.1 Å². The smallest absolute Gasteiger partial charge is 0.266 e. The summed E-state index contributed by atoms with van der Waals surface area (Å²) in [4.78, 5) is 3.72. The summed E-state index contributed by atoms with van der Waals surface area (Å²) in [5, 5.41) is 8.57. The van der Waals surface area contributed by atoms with Gasteiger partial charge < -0.3 is 5.11 Å². The van der Waals surface area contributed by atoms with Crippen molar-refractivity contribution in [2.45, 2.75) is 13.0 Å². The average molecular weight is 319 g/mol. The minimum absolute atomic E-state index is 0.0809. The molecule has 0 aliphatic carbocycles. The van der Waals surface area contributed by atoms with E-state index < -0.39 is 13.0 Å². The van der Waals surface area contributed by atoms with Crippen LogP contribution in [0.15, 0.2) is 6.20 Å². The molecule has 6 heteroatoms. The Morgan fingerprint density at radius 3 is 2.69 bits per heavy atom. The molecule has 0 spiro atoms. The maximum Gasteiger partial charge on any atom is 0.266 e. The van der Waals surface area contributed by atoms with E-state index in [1.54, 1.807) is 22.6 Å². The summed E-state index contributed by atoms with van der Waals surface area (Å²) >= 11 is 7.33. The molecule has 1 aromatic heterocycles. The predicted octanol–water partition coefficient (Wildman–Crippen LogP) is 2.77. The first-order valence-corrected chi connectivity index (χ1v) is 4.75. The fourth-order valence-electron chi connectivity index (χ4n) is 0.831. The van der Waals surface area contributed by atoms with Crippen LogP contribution in [0.4, 0.5) is 8.78 Å². The minimum atomic E-state index is -2.65. The van der Waals surface area contributed by atoms with Gasteiger partial charge in [-0.25, -0.2) is 8.78 Å². The van der Waals surface area contributed by atoms with Crippen LogP contribution >= 0.6 is 34.2 Å². The van der Waals surface area contributed by atoms with E-state index in [0.717, 1.165) is 0 Å². The van der Waals surface area contributed by atoms with E-state index in [0.29, 0.717) is 3.57 Å². The van der Waals surface area contributed by atoms with Crippen molar-refractivity contribution in [1.82, 2.24) is 4.98 Å². The van der Waals surface area contributed by atoms with Gasteiger partial charge in [-0.2, -0.15) is 0 Å². The van der Waals surface area contributed by atoms with Gasteiger partial charge in [0.15, 0.2) is 0 Å². The van der Waals surface area contributed by atoms with Crippen molar-refractivity contribution in [2.75, 3.05) is 0 Å². The Labute approximate surface area is 92.1 Å². The maximum absolute atomic E-state index is 12.4. The number of aliphatic hydroxyl groups is 1. The van der Waals surface area contributed by atoms with Gasteiger partial charge in [-0.15, -0.1) is 0 Å². The standard InChI is InChI=1S/C7H5ClF2INO/c8-6-4(2-13)12-1-3(11)5(6)7(9)10/h1,7,13H,2H2. The molecule has 0 aliphatic rings. The molecule has 0 aromatic carbocycles. The largest absolute Gasteiger partial charge is 0.390 e. The van der Waals surface area contributed by atoms with Crippen LogP contribution in [0.5, 0.6) is 0 Å². The zero-order valence-electron chi connectivity index (χ0n) is 6.27. The molecule has 0 radical (unpaired) electrons. The van der Waals surface area contributed by atoms with Gasteiger partial charge in [0.1, 0.15) is 0 Å². The summed E-state index contributed by atoms with van der Waals surface area (Å²) < 4.78 is 25.1. The van der Waals surface area contributed by atoms with Crippen molar-refractivity contribution in [3.05, 3.63) is 26.0 Å². The molecule has 1 N–H and O–H groups in total. The Balaban J connectivity index is 3.30. The number of aliphatic hydroxyl groups excluding tert-OH is 1. The molecule has 0 amide bonds. The summed E-state index contributed by atoms with van der Waals surface area (Å²) in [6.07, 6.45) is -1.38. The molecule has 72 valence electrons. The van der Waals surface area contributed by atoms with Crippen molar-refractivity contribution < 1.29 is 13.9 Å². The number of halogens is 4. The summed E-state index contributed by atoms with van der Waals surface area (Å²) in [5.41, 5.74) is -0.182. The highest BCUT2D eigenvalue weighted by molar-refractivity contribution is 14.1. The van der Waals surface area contributed by atoms with E-state index in [4.69, 9.17) is 16.7 Å². The minimum Gasteiger partial charge on any atom is -0.390 e. The Bertz CT molecular complexity index is 322. The van der Waals surface area contributed by atoms with Gasteiger partial charge in [0.2, 0.25) is 0 Å². The predicted molar refractivity (Wildman–Crippen MR) is 52.8 cm³/mol. The van der Waals surface area contributed by atoms with E-state index in [1.165, 1.54) is 6.20 Å². The van der Waals surface area contributed by atoms with E-state index >= 15 is 0 Å². The number of alkyl halides is 2. The molecule has 1 aromatic rings. The number of nitrogens with zero attached hydrogens (tertiary/aromatic N) is 1. The third kappa shape index (κ3) is 2.26. The molecule has 0 aliphatic heterocycles. The fourth-order valence-corrected chi connectivity index (χ4v) is 1.93. The highest BCUT2D eigenvalue weighted by atomic mass is 127. The van der Waals surface area contributed by atoms with Crippen LogP contribution in [0.2, 0.25) is 5.02 Å². The van der Waals surface area contributed by atoms with E-state index in [-0.39, 0.29) is 16.3 Å². The van der Waals surface area contributed by atoms with E-state index in [1.807, 2.05) is 0 Å². The van der Waals surface area contributed by atoms with Crippen molar-refractivity contribution in [3.8, 4) is 0 Å². The molecule has 0 saturated carbocycles. The average Bonchev–Trinajstić information content (AvgIpc) is 2.04. The van der Waals surface area contributed by atoms with Crippen molar-refractivity contribution in [1.29, 1.82) is 0 Å². The van der Waals surface area contributed by atoms with Gasteiger partial charge in [-0.05, 0) is 22.6 Å². The quantitative estimate of drug-likeness (QED) is 0.850. The first-order chi connectivity index (χ1) is 6.07. The van der Waals surface area contributed by atoms with E-state index in [9.17, 15) is 8.78 Å². The second-order valence-electron chi connectivity index (χ2n) is 2.24. The Kier molecular flexibility index (Phi) is 3.81. The lowest BCUT2D eigenvalue weighted by Crippen LogP contribution is -1.99. The van der Waals surface area contributed by atoms with Gasteiger partial charge in [-0.3, -0.25) is 4.98 Å². The molecule has 0 bridgehead atoms. The number of rotatable bonds is 2. The molecular weight excluding hydrogens is 314 g/mol. The Morgan fingerprint density at radius 2 is 2.23 bits per heavy atom. The summed E-state index contributed by atoms with van der Waals surface area (Å²) in [5.74, 6) is 0. The van der Waals surface area contributed by atoms with Gasteiger partial charge >= 0.3 is 0 Å². The lowest BCUT2D eigenvalue weighted by atomic mass is 10.2. The second-order valence-corrected chi connectivity index (χ2v) is 3.78. The van der Waals surface area contributed by atoms with Crippen LogP contribution in [0.3, 0.4) is 0 Å². The van der Waals surface area contributed by atoms with Crippen LogP contribution in [0.1, 0.15) is 17.7 Å². The molecule has 0 atom stereocenters. The third-order valence-electron chi connectivity index (χ3n) is 1.45. The summed E-state index contributed by atoms with van der Waals surface area (Å²) in [6.45, 7) is -0.435. The van der Waals surface area contributed by atoms with Gasteiger partial charge in [0.05, 0.1) is 22.9 Å². The molecule has 0 unspecified atom stereocenters. The molecular formula is C7H5ClF2INO. The number of pyridine rings is 1. The fraction of sp³-hybridized carbons (Fsp3) is 0.286. The number of hydrogen-bond donors (Lipinski definition) is 1. The summed E-state index contributed by atoms with van der Waals surface area (Å²) in [7, 11) is 0. The Morgan fingerprint density at radius 1 is 1.62 bits per heavy atom. The molecule has 2 nitrogen and oxygen atoms in total.